The number of nitro benzene ring substituents is 1. The van der Waals surface area contributed by atoms with Gasteiger partial charge in [0.1, 0.15) is 18.2 Å². The minimum Gasteiger partial charge on any atom is -0.485 e. The van der Waals surface area contributed by atoms with Crippen LogP contribution in [0.5, 0.6) is 5.75 Å². The Labute approximate surface area is 119 Å². The Hall–Kier alpha value is -3.14. The van der Waals surface area contributed by atoms with Gasteiger partial charge in [-0.15, -0.1) is 0 Å². The number of pyridine rings is 1. The molecule has 0 N–H and O–H groups in total. The van der Waals surface area contributed by atoms with Gasteiger partial charge in [0.05, 0.1) is 11.5 Å². The van der Waals surface area contributed by atoms with Crippen molar-refractivity contribution in [3.05, 3.63) is 68.6 Å². The third-order valence-electron chi connectivity index (χ3n) is 2.79. The lowest BCUT2D eigenvalue weighted by molar-refractivity contribution is -0.385. The fourth-order valence-corrected chi connectivity index (χ4v) is 1.78. The summed E-state index contributed by atoms with van der Waals surface area (Å²) in [7, 11) is 0. The lowest BCUT2D eigenvalue weighted by atomic mass is 10.3. The summed E-state index contributed by atoms with van der Waals surface area (Å²) in [5.41, 5.74) is -0.495. The van der Waals surface area contributed by atoms with Gasteiger partial charge in [0.25, 0.3) is 5.56 Å². The minimum atomic E-state index is -0.530. The lowest BCUT2D eigenvalue weighted by Gasteiger charge is -2.08. The first-order chi connectivity index (χ1) is 10.1. The van der Waals surface area contributed by atoms with Crippen molar-refractivity contribution in [2.75, 3.05) is 6.61 Å². The number of aromatic nitrogens is 1. The van der Waals surface area contributed by atoms with E-state index in [4.69, 9.17) is 10.00 Å². The van der Waals surface area contributed by atoms with Crippen molar-refractivity contribution >= 4 is 5.69 Å². The fourth-order valence-electron chi connectivity index (χ4n) is 1.78. The summed E-state index contributed by atoms with van der Waals surface area (Å²) in [5, 5.41) is 19.6. The number of nitrogens with zero attached hydrogens (tertiary/aromatic N) is 3. The van der Waals surface area contributed by atoms with Gasteiger partial charge in [-0.05, 0) is 18.2 Å². The molecule has 21 heavy (non-hydrogen) atoms. The van der Waals surface area contributed by atoms with Crippen molar-refractivity contribution in [2.45, 2.75) is 6.54 Å². The summed E-state index contributed by atoms with van der Waals surface area (Å²) < 4.78 is 6.67. The average Bonchev–Trinajstić information content (AvgIpc) is 2.49. The van der Waals surface area contributed by atoms with E-state index in [0.29, 0.717) is 0 Å². The third-order valence-corrected chi connectivity index (χ3v) is 2.79. The Morgan fingerprint density at radius 2 is 2.05 bits per heavy atom. The number of nitriles is 1. The second-order valence-corrected chi connectivity index (χ2v) is 4.11. The molecule has 0 aliphatic heterocycles. The quantitative estimate of drug-likeness (QED) is 0.615. The van der Waals surface area contributed by atoms with E-state index in [2.05, 4.69) is 0 Å². The van der Waals surface area contributed by atoms with Gasteiger partial charge in [0, 0.05) is 12.3 Å². The highest BCUT2D eigenvalue weighted by molar-refractivity contribution is 5.45. The van der Waals surface area contributed by atoms with Gasteiger partial charge in [-0.25, -0.2) is 0 Å². The van der Waals surface area contributed by atoms with Gasteiger partial charge >= 0.3 is 5.69 Å². The number of nitro groups is 1. The molecule has 0 radical (unpaired) electrons. The molecule has 7 heteroatoms. The van der Waals surface area contributed by atoms with Gasteiger partial charge in [-0.3, -0.25) is 14.9 Å². The van der Waals surface area contributed by atoms with Gasteiger partial charge < -0.3 is 9.30 Å². The van der Waals surface area contributed by atoms with Crippen LogP contribution in [0.3, 0.4) is 0 Å². The Balaban J connectivity index is 2.08. The van der Waals surface area contributed by atoms with Crippen LogP contribution >= 0.6 is 0 Å². The normalized spacial score (nSPS) is 9.86. The molecule has 106 valence electrons. The van der Waals surface area contributed by atoms with Crippen LogP contribution in [0, 0.1) is 21.4 Å². The maximum absolute atomic E-state index is 11.8. The fraction of sp³-hybridized carbons (Fsp3) is 0.143. The highest BCUT2D eigenvalue weighted by Crippen LogP contribution is 2.25. The number of para-hydroxylation sites is 2. The zero-order chi connectivity index (χ0) is 15.2. The molecule has 0 spiro atoms. The molecule has 2 rings (SSSR count). The third kappa shape index (κ3) is 3.25. The molecular formula is C14H11N3O4. The molecular weight excluding hydrogens is 274 g/mol. The van der Waals surface area contributed by atoms with Crippen LogP contribution in [-0.2, 0) is 6.54 Å². The number of hydrogen-bond acceptors (Lipinski definition) is 5. The van der Waals surface area contributed by atoms with Crippen molar-refractivity contribution in [3.63, 3.8) is 0 Å². The zero-order valence-electron chi connectivity index (χ0n) is 10.9. The molecule has 0 fully saturated rings. The predicted molar refractivity (Wildman–Crippen MR) is 74.0 cm³/mol. The van der Waals surface area contributed by atoms with Crippen LogP contribution in [-0.4, -0.2) is 16.1 Å². The summed E-state index contributed by atoms with van der Waals surface area (Å²) in [4.78, 5) is 22.1. The molecule has 2 aromatic rings. The summed E-state index contributed by atoms with van der Waals surface area (Å²) >= 11 is 0. The molecule has 1 aromatic carbocycles. The maximum Gasteiger partial charge on any atom is 0.310 e. The van der Waals surface area contributed by atoms with E-state index in [9.17, 15) is 14.9 Å². The van der Waals surface area contributed by atoms with E-state index in [1.807, 2.05) is 0 Å². The Morgan fingerprint density at radius 3 is 2.76 bits per heavy atom. The lowest BCUT2D eigenvalue weighted by Crippen LogP contribution is -2.24. The zero-order valence-corrected chi connectivity index (χ0v) is 10.9. The summed E-state index contributed by atoms with van der Waals surface area (Å²) in [6.07, 6.45) is 1.53. The molecule has 0 bridgehead atoms. The standard InChI is InChI=1S/C14H11N3O4/c15-10-11-4-3-7-16(14(11)18)8-9-21-13-6-2-1-5-12(13)17(19)20/h1-7H,8-9H2. The van der Waals surface area contributed by atoms with Gasteiger partial charge in [-0.1, -0.05) is 12.1 Å². The smallest absolute Gasteiger partial charge is 0.310 e. The van der Waals surface area contributed by atoms with Crippen LogP contribution in [0.25, 0.3) is 0 Å². The molecule has 0 aliphatic carbocycles. The highest BCUT2D eigenvalue weighted by atomic mass is 16.6. The van der Waals surface area contributed by atoms with E-state index in [-0.39, 0.29) is 30.2 Å². The Kier molecular flexibility index (Phi) is 4.31. The molecule has 1 aromatic heterocycles. The van der Waals surface area contributed by atoms with Crippen LogP contribution < -0.4 is 10.3 Å². The van der Waals surface area contributed by atoms with E-state index >= 15 is 0 Å². The molecule has 7 nitrogen and oxygen atoms in total. The number of rotatable bonds is 5. The highest BCUT2D eigenvalue weighted by Gasteiger charge is 2.13. The molecule has 0 saturated heterocycles. The van der Waals surface area contributed by atoms with Crippen molar-refractivity contribution in [2.24, 2.45) is 0 Å². The first-order valence-electron chi connectivity index (χ1n) is 6.09. The topological polar surface area (TPSA) is 98.2 Å². The number of benzene rings is 1. The Bertz CT molecular complexity index is 761. The summed E-state index contributed by atoms with van der Waals surface area (Å²) in [6, 6.07) is 10.8. The van der Waals surface area contributed by atoms with E-state index < -0.39 is 10.5 Å². The second kappa shape index (κ2) is 6.34. The summed E-state index contributed by atoms with van der Waals surface area (Å²) in [6.45, 7) is 0.278. The minimum absolute atomic E-state index is 0.0446. The van der Waals surface area contributed by atoms with Gasteiger partial charge in [0.2, 0.25) is 0 Å². The van der Waals surface area contributed by atoms with E-state index in [0.717, 1.165) is 0 Å². The molecule has 0 amide bonds. The first kappa shape index (κ1) is 14.3. The molecule has 1 heterocycles. The van der Waals surface area contributed by atoms with Crippen LogP contribution in [0.1, 0.15) is 5.56 Å². The monoisotopic (exact) mass is 285 g/mol. The van der Waals surface area contributed by atoms with E-state index in [1.165, 1.54) is 29.0 Å². The average molecular weight is 285 g/mol. The van der Waals surface area contributed by atoms with Crippen LogP contribution in [0.15, 0.2) is 47.4 Å². The largest absolute Gasteiger partial charge is 0.485 e. The molecule has 0 saturated carbocycles. The van der Waals surface area contributed by atoms with Crippen molar-refractivity contribution in [1.29, 1.82) is 5.26 Å². The Morgan fingerprint density at radius 1 is 1.29 bits per heavy atom. The number of hydrogen-bond donors (Lipinski definition) is 0. The number of ether oxygens (including phenoxy) is 1. The first-order valence-corrected chi connectivity index (χ1v) is 6.09. The van der Waals surface area contributed by atoms with Crippen molar-refractivity contribution in [1.82, 2.24) is 4.57 Å². The molecule has 0 unspecified atom stereocenters. The van der Waals surface area contributed by atoms with Crippen molar-refractivity contribution in [3.8, 4) is 11.8 Å². The van der Waals surface area contributed by atoms with Gasteiger partial charge in [0.15, 0.2) is 5.75 Å². The van der Waals surface area contributed by atoms with Crippen LogP contribution in [0.2, 0.25) is 0 Å². The second-order valence-electron chi connectivity index (χ2n) is 4.11. The van der Waals surface area contributed by atoms with Gasteiger partial charge in [-0.2, -0.15) is 5.26 Å². The maximum atomic E-state index is 11.8. The predicted octanol–water partition coefficient (Wildman–Crippen LogP) is 1.71. The molecule has 0 atom stereocenters. The van der Waals surface area contributed by atoms with E-state index in [1.54, 1.807) is 24.3 Å². The molecule has 0 aliphatic rings. The van der Waals surface area contributed by atoms with Crippen molar-refractivity contribution < 1.29 is 9.66 Å². The SMILES string of the molecule is N#Cc1cccn(CCOc2ccccc2[N+](=O)[O-])c1=O. The summed E-state index contributed by atoms with van der Waals surface area (Å²) in [5.74, 6) is 0.145. The van der Waals surface area contributed by atoms with Crippen LogP contribution in [0.4, 0.5) is 5.69 Å².